The summed E-state index contributed by atoms with van der Waals surface area (Å²) < 4.78 is 1.91. The Morgan fingerprint density at radius 2 is 1.16 bits per heavy atom. The van der Waals surface area contributed by atoms with E-state index in [1.54, 1.807) is 0 Å². The summed E-state index contributed by atoms with van der Waals surface area (Å²) in [6.45, 7) is 6.19. The molecule has 0 N–H and O–H groups in total. The first-order valence-electron chi connectivity index (χ1n) is 8.22. The quantitative estimate of drug-likeness (QED) is 0.162. The van der Waals surface area contributed by atoms with E-state index in [2.05, 4.69) is 86.6 Å². The first-order chi connectivity index (χ1) is 12.0. The molecule has 0 radical (unpaired) electrons. The van der Waals surface area contributed by atoms with Crippen LogP contribution in [0.5, 0.6) is 0 Å². The van der Waals surface area contributed by atoms with Gasteiger partial charge >= 0.3 is 46.4 Å². The van der Waals surface area contributed by atoms with E-state index >= 15 is 0 Å². The van der Waals surface area contributed by atoms with Crippen molar-refractivity contribution in [3.8, 4) is 0 Å². The third-order valence-corrected chi connectivity index (χ3v) is 9.15. The van der Waals surface area contributed by atoms with Gasteiger partial charge in [0.1, 0.15) is 0 Å². The van der Waals surface area contributed by atoms with Gasteiger partial charge in [0.25, 0.3) is 0 Å². The van der Waals surface area contributed by atoms with Crippen molar-refractivity contribution in [3.63, 3.8) is 0 Å². The van der Waals surface area contributed by atoms with Gasteiger partial charge < -0.3 is 0 Å². The number of benzene rings is 2. The average molecular weight is 536 g/mol. The minimum Gasteiger partial charge on any atom is -0.168 e. The third-order valence-electron chi connectivity index (χ3n) is 4.01. The van der Waals surface area contributed by atoms with Gasteiger partial charge in [-0.05, 0) is 0 Å². The van der Waals surface area contributed by atoms with Crippen LogP contribution in [0.15, 0.2) is 72.8 Å². The molecule has 0 saturated heterocycles. The number of rotatable bonds is 0. The Balaban J connectivity index is 0.000000144. The fraction of sp³-hybridized carbons (Fsp3) is 0.136. The third kappa shape index (κ3) is 6.02. The predicted molar refractivity (Wildman–Crippen MR) is 112 cm³/mol. The van der Waals surface area contributed by atoms with Crippen LogP contribution in [0.1, 0.15) is 18.1 Å². The van der Waals surface area contributed by atoms with Crippen molar-refractivity contribution >= 4 is 42.5 Å². The van der Waals surface area contributed by atoms with Crippen LogP contribution in [0.25, 0.3) is 21.5 Å². The van der Waals surface area contributed by atoms with Crippen molar-refractivity contribution in [1.82, 2.24) is 0 Å². The largest absolute Gasteiger partial charge is 0.168 e. The number of fused-ring (bicyclic) bond motifs is 2. The summed E-state index contributed by atoms with van der Waals surface area (Å²) >= 11 is -1.88. The van der Waals surface area contributed by atoms with Crippen LogP contribution in [-0.4, -0.2) is 3.76 Å². The van der Waals surface area contributed by atoms with Gasteiger partial charge in [0.2, 0.25) is 0 Å². The van der Waals surface area contributed by atoms with Gasteiger partial charge in [-0.1, -0.05) is 26.0 Å². The molecule has 130 valence electrons. The Morgan fingerprint density at radius 1 is 0.760 bits per heavy atom. The van der Waals surface area contributed by atoms with E-state index in [1.807, 2.05) is 10.7 Å². The Kier molecular flexibility index (Phi) is 8.29. The topological polar surface area (TPSA) is 0 Å². The Labute approximate surface area is 164 Å². The molecule has 25 heavy (non-hydrogen) atoms. The smallest absolute Gasteiger partial charge is 0.0740 e. The van der Waals surface area contributed by atoms with E-state index in [0.717, 1.165) is 0 Å². The summed E-state index contributed by atoms with van der Waals surface area (Å²) in [4.78, 5) is 0. The van der Waals surface area contributed by atoms with E-state index in [4.69, 9.17) is 17.2 Å². The Hall–Kier alpha value is -1.02. The zero-order valence-corrected chi connectivity index (χ0v) is 19.9. The van der Waals surface area contributed by atoms with Crippen LogP contribution in [0.4, 0.5) is 0 Å². The van der Waals surface area contributed by atoms with Gasteiger partial charge in [0.05, 0.1) is 0 Å². The zero-order chi connectivity index (χ0) is 18.2. The van der Waals surface area contributed by atoms with Gasteiger partial charge in [-0.3, -0.25) is 0 Å². The van der Waals surface area contributed by atoms with E-state index in [9.17, 15) is 0 Å². The molecule has 0 bridgehead atoms. The molecule has 0 saturated carbocycles. The summed E-state index contributed by atoms with van der Waals surface area (Å²) in [5.41, 5.74) is 2.73. The van der Waals surface area contributed by atoms with Crippen molar-refractivity contribution in [2.45, 2.75) is 20.8 Å². The van der Waals surface area contributed by atoms with E-state index in [1.165, 1.54) is 32.7 Å². The van der Waals surface area contributed by atoms with Gasteiger partial charge in [0.15, 0.2) is 0 Å². The van der Waals surface area contributed by atoms with Crippen LogP contribution in [0, 0.1) is 13.8 Å². The molecule has 3 heteroatoms. The van der Waals surface area contributed by atoms with Crippen molar-refractivity contribution < 1.29 is 18.6 Å². The SMILES string of the molecule is C[CH]=[Hf]([Cl])[Cl].Cc1cccc2cc[cH-]c12.Cc1cccc2cc[cH-]c12. The van der Waals surface area contributed by atoms with Gasteiger partial charge in [-0.25, -0.2) is 0 Å². The van der Waals surface area contributed by atoms with E-state index in [0.29, 0.717) is 0 Å². The zero-order valence-electron chi connectivity index (χ0n) is 14.8. The number of halogens is 2. The van der Waals surface area contributed by atoms with Gasteiger partial charge in [-0.15, -0.1) is 69.1 Å². The maximum atomic E-state index is 5.39. The second-order valence-corrected chi connectivity index (χ2v) is 18.2. The van der Waals surface area contributed by atoms with Crippen LogP contribution in [0.2, 0.25) is 0 Å². The summed E-state index contributed by atoms with van der Waals surface area (Å²) in [5.74, 6) is 0. The minimum absolute atomic E-state index is 1.35. The van der Waals surface area contributed by atoms with Crippen LogP contribution < -0.4 is 0 Å². The Morgan fingerprint density at radius 3 is 1.48 bits per heavy atom. The number of hydrogen-bond donors (Lipinski definition) is 0. The first kappa shape index (κ1) is 20.3. The molecule has 0 spiro atoms. The molecule has 0 fully saturated rings. The van der Waals surface area contributed by atoms with Crippen molar-refractivity contribution in [2.24, 2.45) is 0 Å². The molecular formula is C22H22Cl2Hf-2. The molecule has 4 aromatic rings. The normalized spacial score (nSPS) is 9.80. The maximum absolute atomic E-state index is 5.39. The summed E-state index contributed by atoms with van der Waals surface area (Å²) in [5, 5.41) is 5.45. The molecule has 0 amide bonds. The molecule has 0 nitrogen and oxygen atoms in total. The van der Waals surface area contributed by atoms with Crippen LogP contribution in [-0.2, 0) is 18.6 Å². The molecule has 4 aromatic carbocycles. The summed E-state index contributed by atoms with van der Waals surface area (Å²) in [7, 11) is 10.8. The van der Waals surface area contributed by atoms with Crippen molar-refractivity contribution in [1.29, 1.82) is 0 Å². The molecule has 0 unspecified atom stereocenters. The standard InChI is InChI=1S/2C10H9.C2H4.2ClH.Hf/c2*1-8-4-2-5-9-6-3-7-10(8)9;1-2;;;/h2*2-7H,1H3;1H,2H3;2*1H;/q2*-1;;;;+2/p-2. The van der Waals surface area contributed by atoms with E-state index < -0.39 is 18.6 Å². The first-order valence-corrected chi connectivity index (χ1v) is 19.2. The molecule has 0 aliphatic heterocycles. The number of aryl methyl sites for hydroxylation is 2. The molecule has 0 aromatic heterocycles. The summed E-state index contributed by atoms with van der Waals surface area (Å²) in [6, 6.07) is 25.5. The molecule has 4 rings (SSSR count). The predicted octanol–water partition coefficient (Wildman–Crippen LogP) is 7.47. The van der Waals surface area contributed by atoms with Crippen molar-refractivity contribution in [3.05, 3.63) is 83.9 Å². The fourth-order valence-electron chi connectivity index (χ4n) is 2.65. The second-order valence-electron chi connectivity index (χ2n) is 5.79. The number of hydrogen-bond acceptors (Lipinski definition) is 0. The summed E-state index contributed by atoms with van der Waals surface area (Å²) in [6.07, 6.45) is 0. The van der Waals surface area contributed by atoms with Crippen molar-refractivity contribution in [2.75, 3.05) is 0 Å². The van der Waals surface area contributed by atoms with Crippen LogP contribution >= 0.6 is 17.2 Å². The van der Waals surface area contributed by atoms with Gasteiger partial charge in [0, 0.05) is 0 Å². The maximum Gasteiger partial charge on any atom is -0.0740 e. The minimum atomic E-state index is -1.88. The van der Waals surface area contributed by atoms with Crippen LogP contribution in [0.3, 0.4) is 0 Å². The molecular weight excluding hydrogens is 514 g/mol. The average Bonchev–Trinajstić information content (AvgIpc) is 3.26. The molecule has 0 atom stereocenters. The van der Waals surface area contributed by atoms with Gasteiger partial charge in [-0.2, -0.15) is 24.3 Å². The fourth-order valence-corrected chi connectivity index (χ4v) is 2.65. The molecule has 0 aliphatic rings. The molecule has 0 aliphatic carbocycles. The second kappa shape index (κ2) is 10.2. The monoisotopic (exact) mass is 536 g/mol. The van der Waals surface area contributed by atoms with E-state index in [-0.39, 0.29) is 0 Å². The Bertz CT molecular complexity index is 884. The molecule has 0 heterocycles.